The smallest absolute Gasteiger partial charge is 0.335 e. The van der Waals surface area contributed by atoms with Crippen molar-refractivity contribution in [1.29, 1.82) is 0 Å². The average Bonchev–Trinajstić information content (AvgIpc) is 2.17. The Morgan fingerprint density at radius 1 is 1.38 bits per heavy atom. The summed E-state index contributed by atoms with van der Waals surface area (Å²) in [6.07, 6.45) is 1.29. The molecule has 1 rings (SSSR count). The number of carbonyl (C=O) groups is 2. The minimum atomic E-state index is -0.919. The van der Waals surface area contributed by atoms with Crippen LogP contribution in [0, 0.1) is 13.8 Å². The van der Waals surface area contributed by atoms with Crippen LogP contribution in [0.5, 0.6) is 0 Å². The lowest BCUT2D eigenvalue weighted by molar-refractivity contribution is -0.108. The van der Waals surface area contributed by atoms with Gasteiger partial charge in [-0.1, -0.05) is 13.0 Å². The number of aromatic carboxylic acids is 1. The fraction of sp³-hybridized carbons (Fsp3) is 0.385. The van der Waals surface area contributed by atoms with Crippen molar-refractivity contribution in [2.45, 2.75) is 33.1 Å². The highest BCUT2D eigenvalue weighted by Crippen LogP contribution is 2.25. The van der Waals surface area contributed by atoms with E-state index >= 15 is 0 Å². The van der Waals surface area contributed by atoms with Crippen LogP contribution in [0.3, 0.4) is 0 Å². The number of aryl methyl sites for hydroxylation is 2. The maximum atomic E-state index is 11.0. The first-order valence-corrected chi connectivity index (χ1v) is 5.25. The maximum absolute atomic E-state index is 11.0. The fourth-order valence-corrected chi connectivity index (χ4v) is 1.90. The number of aldehydes is 1. The first-order valence-electron chi connectivity index (χ1n) is 5.25. The second kappa shape index (κ2) is 4.92. The molecule has 0 spiro atoms. The molecule has 0 saturated heterocycles. The third-order valence-electron chi connectivity index (χ3n) is 2.82. The SMILES string of the molecule is Cc1cc(C)c(C(C)CC=O)cc1C(=O)O. The Kier molecular flexibility index (Phi) is 3.82. The lowest BCUT2D eigenvalue weighted by atomic mass is 9.90. The van der Waals surface area contributed by atoms with E-state index in [1.807, 2.05) is 19.9 Å². The first kappa shape index (κ1) is 12.4. The molecule has 3 nitrogen and oxygen atoms in total. The van der Waals surface area contributed by atoms with Crippen molar-refractivity contribution in [2.24, 2.45) is 0 Å². The van der Waals surface area contributed by atoms with Crippen molar-refractivity contribution >= 4 is 12.3 Å². The van der Waals surface area contributed by atoms with Crippen molar-refractivity contribution < 1.29 is 14.7 Å². The number of carboxylic acids is 1. The summed E-state index contributed by atoms with van der Waals surface area (Å²) < 4.78 is 0. The van der Waals surface area contributed by atoms with Crippen molar-refractivity contribution in [3.63, 3.8) is 0 Å². The molecule has 16 heavy (non-hydrogen) atoms. The molecule has 0 aliphatic rings. The van der Waals surface area contributed by atoms with Gasteiger partial charge in [-0.05, 0) is 42.5 Å². The zero-order valence-electron chi connectivity index (χ0n) is 9.78. The third kappa shape index (κ3) is 2.48. The monoisotopic (exact) mass is 220 g/mol. The van der Waals surface area contributed by atoms with E-state index in [9.17, 15) is 9.59 Å². The summed E-state index contributed by atoms with van der Waals surface area (Å²) in [4.78, 5) is 21.5. The Labute approximate surface area is 95.1 Å². The Hall–Kier alpha value is -1.64. The van der Waals surface area contributed by atoms with Gasteiger partial charge in [-0.2, -0.15) is 0 Å². The van der Waals surface area contributed by atoms with Crippen LogP contribution in [0.25, 0.3) is 0 Å². The molecular formula is C13H16O3. The van der Waals surface area contributed by atoms with Gasteiger partial charge in [0.25, 0.3) is 0 Å². The Bertz CT molecular complexity index is 421. The molecule has 1 unspecified atom stereocenters. The van der Waals surface area contributed by atoms with Crippen LogP contribution in [0.2, 0.25) is 0 Å². The van der Waals surface area contributed by atoms with Crippen LogP contribution in [0.1, 0.15) is 46.3 Å². The summed E-state index contributed by atoms with van der Waals surface area (Å²) in [5, 5.41) is 9.02. The summed E-state index contributed by atoms with van der Waals surface area (Å²) in [6.45, 7) is 5.65. The molecule has 0 aliphatic heterocycles. The molecule has 3 heteroatoms. The highest BCUT2D eigenvalue weighted by atomic mass is 16.4. The predicted octanol–water partition coefficient (Wildman–Crippen LogP) is 2.69. The zero-order chi connectivity index (χ0) is 12.3. The minimum absolute atomic E-state index is 0.0659. The standard InChI is InChI=1S/C13H16O3/c1-8(4-5-14)11-7-12(13(15)16)10(3)6-9(11)2/h5-8H,4H2,1-3H3,(H,15,16). The van der Waals surface area contributed by atoms with E-state index in [1.165, 1.54) is 0 Å². The summed E-state index contributed by atoms with van der Waals surface area (Å²) >= 11 is 0. The van der Waals surface area contributed by atoms with Crippen molar-refractivity contribution in [2.75, 3.05) is 0 Å². The van der Waals surface area contributed by atoms with Gasteiger partial charge >= 0.3 is 5.97 Å². The van der Waals surface area contributed by atoms with Crippen molar-refractivity contribution in [3.8, 4) is 0 Å². The lowest BCUT2D eigenvalue weighted by Crippen LogP contribution is -2.05. The number of carboxylic acid groups (broad SMARTS) is 1. The molecule has 1 aromatic carbocycles. The first-order chi connectivity index (χ1) is 7.47. The Morgan fingerprint density at radius 2 is 2.00 bits per heavy atom. The zero-order valence-corrected chi connectivity index (χ0v) is 9.78. The number of carbonyl (C=O) groups excluding carboxylic acids is 1. The summed E-state index contributed by atoms with van der Waals surface area (Å²) in [6, 6.07) is 3.54. The van der Waals surface area contributed by atoms with Gasteiger partial charge in [0.15, 0.2) is 0 Å². The highest BCUT2D eigenvalue weighted by molar-refractivity contribution is 5.89. The second-order valence-electron chi connectivity index (χ2n) is 4.13. The van der Waals surface area contributed by atoms with Crippen LogP contribution in [0.4, 0.5) is 0 Å². The highest BCUT2D eigenvalue weighted by Gasteiger charge is 2.14. The van der Waals surface area contributed by atoms with E-state index in [-0.39, 0.29) is 5.92 Å². The minimum Gasteiger partial charge on any atom is -0.478 e. The molecule has 0 radical (unpaired) electrons. The fourth-order valence-electron chi connectivity index (χ4n) is 1.90. The largest absolute Gasteiger partial charge is 0.478 e. The molecule has 1 aromatic rings. The molecule has 0 heterocycles. The normalized spacial score (nSPS) is 12.2. The van der Waals surface area contributed by atoms with E-state index < -0.39 is 5.97 Å². The lowest BCUT2D eigenvalue weighted by Gasteiger charge is -2.14. The molecule has 0 aliphatic carbocycles. The molecule has 1 N–H and O–H groups in total. The van der Waals surface area contributed by atoms with E-state index in [0.29, 0.717) is 12.0 Å². The summed E-state index contributed by atoms with van der Waals surface area (Å²) in [5.41, 5.74) is 3.05. The quantitative estimate of drug-likeness (QED) is 0.794. The number of benzene rings is 1. The molecule has 0 amide bonds. The van der Waals surface area contributed by atoms with Gasteiger partial charge in [-0.25, -0.2) is 4.79 Å². The van der Waals surface area contributed by atoms with E-state index in [2.05, 4.69) is 0 Å². The Morgan fingerprint density at radius 3 is 2.50 bits per heavy atom. The van der Waals surface area contributed by atoms with Gasteiger partial charge in [0.1, 0.15) is 6.29 Å². The van der Waals surface area contributed by atoms with Crippen LogP contribution in [-0.4, -0.2) is 17.4 Å². The van der Waals surface area contributed by atoms with Crippen LogP contribution in [-0.2, 0) is 4.79 Å². The number of hydrogen-bond acceptors (Lipinski definition) is 2. The van der Waals surface area contributed by atoms with Crippen LogP contribution in [0.15, 0.2) is 12.1 Å². The van der Waals surface area contributed by atoms with Crippen molar-refractivity contribution in [1.82, 2.24) is 0 Å². The number of rotatable bonds is 4. The van der Waals surface area contributed by atoms with E-state index in [1.54, 1.807) is 13.0 Å². The van der Waals surface area contributed by atoms with Gasteiger partial charge in [0, 0.05) is 6.42 Å². The van der Waals surface area contributed by atoms with E-state index in [0.717, 1.165) is 23.0 Å². The molecule has 0 aromatic heterocycles. The van der Waals surface area contributed by atoms with Gasteiger partial charge in [-0.15, -0.1) is 0 Å². The van der Waals surface area contributed by atoms with Gasteiger partial charge in [0.05, 0.1) is 5.56 Å². The van der Waals surface area contributed by atoms with Gasteiger partial charge in [-0.3, -0.25) is 0 Å². The van der Waals surface area contributed by atoms with Gasteiger partial charge < -0.3 is 9.90 Å². The van der Waals surface area contributed by atoms with E-state index in [4.69, 9.17) is 5.11 Å². The molecule has 0 fully saturated rings. The molecule has 86 valence electrons. The maximum Gasteiger partial charge on any atom is 0.335 e. The second-order valence-corrected chi connectivity index (χ2v) is 4.13. The Balaban J connectivity index is 3.24. The third-order valence-corrected chi connectivity index (χ3v) is 2.82. The molecular weight excluding hydrogens is 204 g/mol. The van der Waals surface area contributed by atoms with Gasteiger partial charge in [0.2, 0.25) is 0 Å². The molecule has 1 atom stereocenters. The molecule has 0 bridgehead atoms. The summed E-state index contributed by atoms with van der Waals surface area (Å²) in [5.74, 6) is -0.853. The van der Waals surface area contributed by atoms with Crippen LogP contribution >= 0.6 is 0 Å². The predicted molar refractivity (Wildman–Crippen MR) is 62.0 cm³/mol. The topological polar surface area (TPSA) is 54.4 Å². The average molecular weight is 220 g/mol. The number of hydrogen-bond donors (Lipinski definition) is 1. The van der Waals surface area contributed by atoms with Crippen molar-refractivity contribution in [3.05, 3.63) is 34.4 Å². The summed E-state index contributed by atoms with van der Waals surface area (Å²) in [7, 11) is 0. The van der Waals surface area contributed by atoms with Crippen LogP contribution < -0.4 is 0 Å². The molecule has 0 saturated carbocycles.